The summed E-state index contributed by atoms with van der Waals surface area (Å²) >= 11 is 6.24. The second kappa shape index (κ2) is 6.33. The first kappa shape index (κ1) is 17.4. The molecule has 0 spiro atoms. The molecule has 0 saturated carbocycles. The van der Waals surface area contributed by atoms with Crippen LogP contribution in [0.1, 0.15) is 17.3 Å². The van der Waals surface area contributed by atoms with Crippen LogP contribution in [0, 0.1) is 0 Å². The molecule has 0 amide bonds. The SMILES string of the molecule is CC(=O)c1cnn(-c2nc3cc(Cl)c(S(=O)(=O)c4ccccc4)cc3[nH]2)c1. The molecular formula is C18H13ClN4O3S. The van der Waals surface area contributed by atoms with Gasteiger partial charge in [0.1, 0.15) is 0 Å². The summed E-state index contributed by atoms with van der Waals surface area (Å²) in [6.07, 6.45) is 2.98. The van der Waals surface area contributed by atoms with E-state index < -0.39 is 9.84 Å². The van der Waals surface area contributed by atoms with Crippen LogP contribution in [0.2, 0.25) is 5.02 Å². The number of carbonyl (C=O) groups excluding carboxylic acids is 1. The Morgan fingerprint density at radius 1 is 1.19 bits per heavy atom. The second-order valence-electron chi connectivity index (χ2n) is 5.91. The van der Waals surface area contributed by atoms with Crippen LogP contribution >= 0.6 is 11.6 Å². The van der Waals surface area contributed by atoms with E-state index in [0.29, 0.717) is 22.5 Å². The highest BCUT2D eigenvalue weighted by Gasteiger charge is 2.22. The number of aromatic nitrogens is 4. The van der Waals surface area contributed by atoms with Crippen molar-refractivity contribution in [3.63, 3.8) is 0 Å². The van der Waals surface area contributed by atoms with Gasteiger partial charge in [0.15, 0.2) is 5.78 Å². The number of hydrogen-bond acceptors (Lipinski definition) is 5. The summed E-state index contributed by atoms with van der Waals surface area (Å²) in [5, 5.41) is 4.17. The Balaban J connectivity index is 1.83. The van der Waals surface area contributed by atoms with Crippen molar-refractivity contribution in [1.29, 1.82) is 0 Å². The third-order valence-corrected chi connectivity index (χ3v) is 6.31. The van der Waals surface area contributed by atoms with Gasteiger partial charge in [-0.1, -0.05) is 29.8 Å². The third kappa shape index (κ3) is 3.02. The highest BCUT2D eigenvalue weighted by atomic mass is 35.5. The molecule has 136 valence electrons. The van der Waals surface area contributed by atoms with E-state index in [9.17, 15) is 13.2 Å². The second-order valence-corrected chi connectivity index (χ2v) is 8.23. The topological polar surface area (TPSA) is 97.7 Å². The van der Waals surface area contributed by atoms with Gasteiger partial charge in [-0.05, 0) is 31.2 Å². The number of Topliss-reactive ketones (excluding diaryl/α,β-unsaturated/α-hetero) is 1. The van der Waals surface area contributed by atoms with Crippen LogP contribution in [0.4, 0.5) is 0 Å². The summed E-state index contributed by atoms with van der Waals surface area (Å²) in [5.74, 6) is 0.236. The normalized spacial score (nSPS) is 11.8. The van der Waals surface area contributed by atoms with Crippen molar-refractivity contribution in [2.45, 2.75) is 16.7 Å². The number of nitrogens with zero attached hydrogens (tertiary/aromatic N) is 3. The number of H-pyrrole nitrogens is 1. The number of rotatable bonds is 4. The molecule has 0 saturated heterocycles. The summed E-state index contributed by atoms with van der Waals surface area (Å²) in [5.41, 5.74) is 1.42. The number of aromatic amines is 1. The quantitative estimate of drug-likeness (QED) is 0.529. The Morgan fingerprint density at radius 2 is 1.93 bits per heavy atom. The number of nitrogens with one attached hydrogen (secondary N) is 1. The van der Waals surface area contributed by atoms with Crippen molar-refractivity contribution in [3.8, 4) is 5.95 Å². The van der Waals surface area contributed by atoms with E-state index in [1.165, 1.54) is 42.1 Å². The number of ketones is 1. The summed E-state index contributed by atoms with van der Waals surface area (Å²) in [6, 6.07) is 11.0. The van der Waals surface area contributed by atoms with Gasteiger partial charge in [0, 0.05) is 6.20 Å². The minimum absolute atomic E-state index is 0.0112. The van der Waals surface area contributed by atoms with Gasteiger partial charge in [0.05, 0.1) is 37.6 Å². The molecule has 2 aromatic carbocycles. The molecule has 0 radical (unpaired) electrons. The van der Waals surface area contributed by atoms with Gasteiger partial charge in [-0.3, -0.25) is 4.79 Å². The lowest BCUT2D eigenvalue weighted by atomic mass is 10.3. The molecule has 2 heterocycles. The summed E-state index contributed by atoms with van der Waals surface area (Å²) in [6.45, 7) is 1.44. The molecule has 4 rings (SSSR count). The molecule has 0 fully saturated rings. The summed E-state index contributed by atoms with van der Waals surface area (Å²) in [7, 11) is -3.77. The zero-order valence-corrected chi connectivity index (χ0v) is 15.6. The average Bonchev–Trinajstić information content (AvgIpc) is 3.28. The molecule has 0 aliphatic rings. The molecule has 4 aromatic rings. The number of imidazole rings is 1. The molecule has 1 N–H and O–H groups in total. The lowest BCUT2D eigenvalue weighted by molar-refractivity contribution is 0.101. The zero-order valence-electron chi connectivity index (χ0n) is 14.0. The van der Waals surface area contributed by atoms with E-state index in [0.717, 1.165) is 0 Å². The van der Waals surface area contributed by atoms with Crippen molar-refractivity contribution in [1.82, 2.24) is 19.7 Å². The number of hydrogen-bond donors (Lipinski definition) is 1. The lowest BCUT2D eigenvalue weighted by Crippen LogP contribution is -2.02. The van der Waals surface area contributed by atoms with Crippen molar-refractivity contribution in [2.24, 2.45) is 0 Å². The fourth-order valence-electron chi connectivity index (χ4n) is 2.66. The highest BCUT2D eigenvalue weighted by molar-refractivity contribution is 7.91. The van der Waals surface area contributed by atoms with Gasteiger partial charge < -0.3 is 4.98 Å². The monoisotopic (exact) mass is 400 g/mol. The molecule has 0 aliphatic carbocycles. The van der Waals surface area contributed by atoms with Gasteiger partial charge in [0.25, 0.3) is 0 Å². The standard InChI is InChI=1S/C18H13ClN4O3S/c1-11(24)12-9-20-23(10-12)18-21-15-7-14(19)17(8-16(15)22-18)27(25,26)13-5-3-2-4-6-13/h2-10H,1H3,(H,21,22). The molecule has 27 heavy (non-hydrogen) atoms. The molecule has 7 nitrogen and oxygen atoms in total. The maximum atomic E-state index is 12.9. The van der Waals surface area contributed by atoms with E-state index >= 15 is 0 Å². The van der Waals surface area contributed by atoms with E-state index in [-0.39, 0.29) is 20.6 Å². The summed E-state index contributed by atoms with van der Waals surface area (Å²) < 4.78 is 27.2. The predicted molar refractivity (Wildman–Crippen MR) is 100 cm³/mol. The van der Waals surface area contributed by atoms with Gasteiger partial charge in [0.2, 0.25) is 15.8 Å². The number of halogens is 1. The van der Waals surface area contributed by atoms with Gasteiger partial charge in [-0.2, -0.15) is 5.10 Å². The Bertz CT molecular complexity index is 1280. The van der Waals surface area contributed by atoms with Crippen molar-refractivity contribution in [2.75, 3.05) is 0 Å². The van der Waals surface area contributed by atoms with E-state index in [1.807, 2.05) is 0 Å². The van der Waals surface area contributed by atoms with Crippen LogP contribution in [0.5, 0.6) is 0 Å². The largest absolute Gasteiger partial charge is 0.322 e. The van der Waals surface area contributed by atoms with Crippen LogP contribution in [0.25, 0.3) is 17.0 Å². The smallest absolute Gasteiger partial charge is 0.229 e. The van der Waals surface area contributed by atoms with Crippen molar-refractivity contribution >= 4 is 38.3 Å². The van der Waals surface area contributed by atoms with Crippen LogP contribution in [0.15, 0.2) is 64.6 Å². The molecule has 2 aromatic heterocycles. The minimum Gasteiger partial charge on any atom is -0.322 e. The summed E-state index contributed by atoms with van der Waals surface area (Å²) in [4.78, 5) is 19.0. The predicted octanol–water partition coefficient (Wildman–Crippen LogP) is 3.44. The molecule has 9 heteroatoms. The van der Waals surface area contributed by atoms with Gasteiger partial charge in [-0.25, -0.2) is 18.1 Å². The first-order valence-corrected chi connectivity index (χ1v) is 9.78. The van der Waals surface area contributed by atoms with Crippen molar-refractivity contribution in [3.05, 3.63) is 65.4 Å². The zero-order chi connectivity index (χ0) is 19.2. The number of carbonyl (C=O) groups is 1. The molecule has 0 atom stereocenters. The fourth-order valence-corrected chi connectivity index (χ4v) is 4.48. The molecule has 0 aliphatic heterocycles. The Hall–Kier alpha value is -2.97. The van der Waals surface area contributed by atoms with Crippen LogP contribution in [-0.2, 0) is 9.84 Å². The Labute approximate surface area is 159 Å². The lowest BCUT2D eigenvalue weighted by Gasteiger charge is -2.06. The molecular weight excluding hydrogens is 388 g/mol. The van der Waals surface area contributed by atoms with Gasteiger partial charge in [-0.15, -0.1) is 0 Å². The van der Waals surface area contributed by atoms with E-state index in [4.69, 9.17) is 11.6 Å². The molecule has 0 unspecified atom stereocenters. The van der Waals surface area contributed by atoms with Gasteiger partial charge >= 0.3 is 0 Å². The number of benzene rings is 2. The maximum absolute atomic E-state index is 12.9. The van der Waals surface area contributed by atoms with Crippen molar-refractivity contribution < 1.29 is 13.2 Å². The Morgan fingerprint density at radius 3 is 2.59 bits per heavy atom. The minimum atomic E-state index is -3.77. The average molecular weight is 401 g/mol. The fraction of sp³-hybridized carbons (Fsp3) is 0.0556. The maximum Gasteiger partial charge on any atom is 0.229 e. The van der Waals surface area contributed by atoms with E-state index in [1.54, 1.807) is 24.4 Å². The van der Waals surface area contributed by atoms with E-state index in [2.05, 4.69) is 15.1 Å². The Kier molecular flexibility index (Phi) is 4.09. The molecule has 0 bridgehead atoms. The third-order valence-electron chi connectivity index (χ3n) is 4.07. The first-order chi connectivity index (χ1) is 12.9. The van der Waals surface area contributed by atoms with Crippen LogP contribution < -0.4 is 0 Å². The number of sulfone groups is 1. The highest BCUT2D eigenvalue weighted by Crippen LogP contribution is 2.31. The van der Waals surface area contributed by atoms with Crippen LogP contribution in [0.3, 0.4) is 0 Å². The number of fused-ring (bicyclic) bond motifs is 1. The first-order valence-electron chi connectivity index (χ1n) is 7.91. The van der Waals surface area contributed by atoms with Crippen LogP contribution in [-0.4, -0.2) is 33.9 Å².